The average molecular weight is 409 g/mol. The van der Waals surface area contributed by atoms with Gasteiger partial charge in [-0.2, -0.15) is 0 Å². The highest BCUT2D eigenvalue weighted by Crippen LogP contribution is 2.24. The minimum absolute atomic E-state index is 0. The van der Waals surface area contributed by atoms with E-state index in [1.54, 1.807) is 12.1 Å². The molecule has 3 rings (SSSR count). The third-order valence-corrected chi connectivity index (χ3v) is 5.51. The molecule has 1 aliphatic heterocycles. The summed E-state index contributed by atoms with van der Waals surface area (Å²) in [5, 5.41) is 0. The summed E-state index contributed by atoms with van der Waals surface area (Å²) >= 11 is 0. The number of alkyl halides is 2. The van der Waals surface area contributed by atoms with E-state index in [2.05, 4.69) is 41.8 Å². The number of halogens is 3. The van der Waals surface area contributed by atoms with Crippen molar-refractivity contribution in [3.63, 3.8) is 0 Å². The molecule has 0 bridgehead atoms. The van der Waals surface area contributed by atoms with Crippen LogP contribution in [-0.2, 0) is 12.8 Å². The highest BCUT2D eigenvalue weighted by molar-refractivity contribution is 5.85. The van der Waals surface area contributed by atoms with Crippen molar-refractivity contribution in [2.24, 2.45) is 0 Å². The lowest BCUT2D eigenvalue weighted by molar-refractivity contribution is 0.151. The molecule has 5 heteroatoms. The molecule has 0 N–H and O–H groups in total. The number of benzene rings is 2. The fourth-order valence-electron chi connectivity index (χ4n) is 3.79. The van der Waals surface area contributed by atoms with Crippen LogP contribution >= 0.6 is 12.4 Å². The number of aryl methyl sites for hydroxylation is 2. The SMILES string of the molecule is CCCc1cc(CCN2CCN(c3cccc(C(F)F)c3)CC2)ccc1C.Cl. The van der Waals surface area contributed by atoms with Crippen molar-refractivity contribution in [3.8, 4) is 0 Å². The average Bonchev–Trinajstić information content (AvgIpc) is 2.69. The minimum Gasteiger partial charge on any atom is -0.369 e. The first kappa shape index (κ1) is 22.6. The van der Waals surface area contributed by atoms with E-state index in [9.17, 15) is 8.78 Å². The fourth-order valence-corrected chi connectivity index (χ4v) is 3.79. The molecule has 2 aromatic rings. The van der Waals surface area contributed by atoms with Gasteiger partial charge in [0, 0.05) is 44.0 Å². The Labute approximate surface area is 174 Å². The van der Waals surface area contributed by atoms with E-state index < -0.39 is 6.43 Å². The van der Waals surface area contributed by atoms with Crippen molar-refractivity contribution in [1.82, 2.24) is 4.90 Å². The molecule has 0 spiro atoms. The zero-order chi connectivity index (χ0) is 19.2. The van der Waals surface area contributed by atoms with Gasteiger partial charge in [-0.3, -0.25) is 4.90 Å². The molecule has 0 aromatic heterocycles. The van der Waals surface area contributed by atoms with Crippen molar-refractivity contribution in [1.29, 1.82) is 0 Å². The predicted molar refractivity (Wildman–Crippen MR) is 116 cm³/mol. The largest absolute Gasteiger partial charge is 0.369 e. The Kier molecular flexibility index (Phi) is 8.71. The molecule has 0 radical (unpaired) electrons. The Hall–Kier alpha value is -1.65. The van der Waals surface area contributed by atoms with E-state index in [4.69, 9.17) is 0 Å². The molecule has 2 nitrogen and oxygen atoms in total. The van der Waals surface area contributed by atoms with Gasteiger partial charge in [0.05, 0.1) is 0 Å². The third kappa shape index (κ3) is 5.92. The zero-order valence-corrected chi connectivity index (χ0v) is 17.7. The zero-order valence-electron chi connectivity index (χ0n) is 16.8. The van der Waals surface area contributed by atoms with Crippen LogP contribution in [0, 0.1) is 6.92 Å². The van der Waals surface area contributed by atoms with E-state index in [1.165, 1.54) is 29.2 Å². The van der Waals surface area contributed by atoms with Crippen molar-refractivity contribution in [2.45, 2.75) is 39.5 Å². The van der Waals surface area contributed by atoms with Crippen LogP contribution in [0.15, 0.2) is 42.5 Å². The van der Waals surface area contributed by atoms with E-state index in [0.29, 0.717) is 0 Å². The molecule has 1 heterocycles. The number of rotatable bonds is 7. The molecular formula is C23H31ClF2N2. The molecule has 154 valence electrons. The van der Waals surface area contributed by atoms with Crippen LogP contribution in [0.3, 0.4) is 0 Å². The molecule has 1 aliphatic rings. The Morgan fingerprint density at radius 3 is 2.39 bits per heavy atom. The lowest BCUT2D eigenvalue weighted by Gasteiger charge is -2.36. The summed E-state index contributed by atoms with van der Waals surface area (Å²) in [6.07, 6.45) is 0.991. The van der Waals surface area contributed by atoms with E-state index in [0.717, 1.165) is 51.3 Å². The molecule has 0 saturated carbocycles. The van der Waals surface area contributed by atoms with Gasteiger partial charge in [0.2, 0.25) is 0 Å². The van der Waals surface area contributed by atoms with Crippen LogP contribution in [0.1, 0.15) is 42.0 Å². The molecule has 1 fully saturated rings. The van der Waals surface area contributed by atoms with Gasteiger partial charge < -0.3 is 4.90 Å². The number of nitrogens with zero attached hydrogens (tertiary/aromatic N) is 2. The first-order chi connectivity index (χ1) is 13.1. The molecule has 0 aliphatic carbocycles. The van der Waals surface area contributed by atoms with Crippen molar-refractivity contribution >= 4 is 18.1 Å². The first-order valence-corrected chi connectivity index (χ1v) is 10.0. The Morgan fingerprint density at radius 1 is 0.964 bits per heavy atom. The van der Waals surface area contributed by atoms with Crippen molar-refractivity contribution in [2.75, 3.05) is 37.6 Å². The second-order valence-corrected chi connectivity index (χ2v) is 7.49. The maximum atomic E-state index is 12.9. The fraction of sp³-hybridized carbons (Fsp3) is 0.478. The summed E-state index contributed by atoms with van der Waals surface area (Å²) in [5.41, 5.74) is 5.29. The molecule has 1 saturated heterocycles. The Bertz CT molecular complexity index is 743. The molecular weight excluding hydrogens is 378 g/mol. The van der Waals surface area contributed by atoms with Gasteiger partial charge in [-0.25, -0.2) is 8.78 Å². The summed E-state index contributed by atoms with van der Waals surface area (Å²) in [5.74, 6) is 0. The molecule has 28 heavy (non-hydrogen) atoms. The number of hydrogen-bond acceptors (Lipinski definition) is 2. The van der Waals surface area contributed by atoms with Gasteiger partial charge in [0.1, 0.15) is 0 Å². The lowest BCUT2D eigenvalue weighted by Crippen LogP contribution is -2.47. The second-order valence-electron chi connectivity index (χ2n) is 7.49. The monoisotopic (exact) mass is 408 g/mol. The number of piperazine rings is 1. The number of hydrogen-bond donors (Lipinski definition) is 0. The minimum atomic E-state index is -2.40. The highest BCUT2D eigenvalue weighted by atomic mass is 35.5. The van der Waals surface area contributed by atoms with Gasteiger partial charge in [-0.15, -0.1) is 12.4 Å². The van der Waals surface area contributed by atoms with Crippen LogP contribution in [0.2, 0.25) is 0 Å². The van der Waals surface area contributed by atoms with Gasteiger partial charge in [0.15, 0.2) is 0 Å². The first-order valence-electron chi connectivity index (χ1n) is 10.0. The lowest BCUT2D eigenvalue weighted by atomic mass is 9.99. The summed E-state index contributed by atoms with van der Waals surface area (Å²) in [6.45, 7) is 9.21. The number of anilines is 1. The molecule has 0 atom stereocenters. The molecule has 2 aromatic carbocycles. The maximum Gasteiger partial charge on any atom is 0.263 e. The van der Waals surface area contributed by atoms with E-state index in [1.807, 2.05) is 6.07 Å². The Morgan fingerprint density at radius 2 is 1.71 bits per heavy atom. The van der Waals surface area contributed by atoms with E-state index in [-0.39, 0.29) is 18.0 Å². The predicted octanol–water partition coefficient (Wildman–Crippen LogP) is 5.67. The van der Waals surface area contributed by atoms with Gasteiger partial charge in [-0.05, 0) is 48.6 Å². The van der Waals surface area contributed by atoms with Crippen LogP contribution in [0.5, 0.6) is 0 Å². The summed E-state index contributed by atoms with van der Waals surface area (Å²) in [7, 11) is 0. The van der Waals surface area contributed by atoms with Gasteiger partial charge >= 0.3 is 0 Å². The topological polar surface area (TPSA) is 6.48 Å². The third-order valence-electron chi connectivity index (χ3n) is 5.51. The van der Waals surface area contributed by atoms with Gasteiger partial charge in [-0.1, -0.05) is 43.7 Å². The maximum absolute atomic E-state index is 12.9. The molecule has 0 unspecified atom stereocenters. The van der Waals surface area contributed by atoms with Crippen molar-refractivity contribution < 1.29 is 8.78 Å². The van der Waals surface area contributed by atoms with Crippen LogP contribution < -0.4 is 4.90 Å². The quantitative estimate of drug-likeness (QED) is 0.582. The second kappa shape index (κ2) is 10.8. The summed E-state index contributed by atoms with van der Waals surface area (Å²) in [4.78, 5) is 4.69. The van der Waals surface area contributed by atoms with Gasteiger partial charge in [0.25, 0.3) is 6.43 Å². The summed E-state index contributed by atoms with van der Waals surface area (Å²) in [6, 6.07) is 13.7. The van der Waals surface area contributed by atoms with Crippen LogP contribution in [-0.4, -0.2) is 37.6 Å². The van der Waals surface area contributed by atoms with Crippen LogP contribution in [0.4, 0.5) is 14.5 Å². The Balaban J connectivity index is 0.00000280. The smallest absolute Gasteiger partial charge is 0.263 e. The normalized spacial score (nSPS) is 15.0. The van der Waals surface area contributed by atoms with Crippen LogP contribution in [0.25, 0.3) is 0 Å². The molecule has 0 amide bonds. The standard InChI is InChI=1S/C23H30F2N2.ClH/c1-3-5-20-16-19(9-8-18(20)2)10-11-26-12-14-27(15-13-26)22-7-4-6-21(17-22)23(24)25;/h4,6-9,16-17,23H,3,5,10-15H2,1-2H3;1H. The van der Waals surface area contributed by atoms with E-state index >= 15 is 0 Å². The summed E-state index contributed by atoms with van der Waals surface area (Å²) < 4.78 is 25.8. The van der Waals surface area contributed by atoms with Crippen molar-refractivity contribution in [3.05, 3.63) is 64.7 Å². The highest BCUT2D eigenvalue weighted by Gasteiger charge is 2.18.